The molecule has 1 aliphatic rings. The Morgan fingerprint density at radius 1 is 1.30 bits per heavy atom. The molecular formula is C17H21BrN2. The summed E-state index contributed by atoms with van der Waals surface area (Å²) in [5.74, 6) is 0.648. The van der Waals surface area contributed by atoms with Crippen molar-refractivity contribution in [1.82, 2.24) is 4.98 Å². The zero-order chi connectivity index (χ0) is 14.1. The predicted molar refractivity (Wildman–Crippen MR) is 89.6 cm³/mol. The minimum absolute atomic E-state index is 0.648. The van der Waals surface area contributed by atoms with Crippen molar-refractivity contribution in [2.45, 2.75) is 45.4 Å². The van der Waals surface area contributed by atoms with Crippen LogP contribution in [0.1, 0.15) is 49.8 Å². The number of anilines is 1. The SMILES string of the molecule is CCNc1cc(C2CCCC2)nc2c(C)ccc(Br)c12. The molecule has 0 amide bonds. The molecule has 106 valence electrons. The van der Waals surface area contributed by atoms with Gasteiger partial charge in [-0.1, -0.05) is 34.8 Å². The first-order valence-corrected chi connectivity index (χ1v) is 8.33. The average molecular weight is 333 g/mol. The van der Waals surface area contributed by atoms with Crippen molar-refractivity contribution in [2.24, 2.45) is 0 Å². The highest BCUT2D eigenvalue weighted by atomic mass is 79.9. The molecule has 2 nitrogen and oxygen atoms in total. The Labute approximate surface area is 129 Å². The molecule has 1 saturated carbocycles. The van der Waals surface area contributed by atoms with Crippen LogP contribution in [-0.2, 0) is 0 Å². The molecule has 1 fully saturated rings. The lowest BCUT2D eigenvalue weighted by Crippen LogP contribution is -2.04. The molecule has 0 unspecified atom stereocenters. The minimum Gasteiger partial charge on any atom is -0.385 e. The van der Waals surface area contributed by atoms with Crippen molar-refractivity contribution in [1.29, 1.82) is 0 Å². The normalized spacial score (nSPS) is 15.9. The van der Waals surface area contributed by atoms with Crippen LogP contribution in [0.25, 0.3) is 10.9 Å². The van der Waals surface area contributed by atoms with Gasteiger partial charge < -0.3 is 5.32 Å². The lowest BCUT2D eigenvalue weighted by molar-refractivity contribution is 0.701. The fourth-order valence-corrected chi connectivity index (χ4v) is 3.75. The predicted octanol–water partition coefficient (Wildman–Crippen LogP) is 5.40. The molecule has 1 heterocycles. The Kier molecular flexibility index (Phi) is 3.97. The van der Waals surface area contributed by atoms with E-state index in [1.807, 2.05) is 0 Å². The van der Waals surface area contributed by atoms with Gasteiger partial charge in [0.15, 0.2) is 0 Å². The molecule has 1 aliphatic carbocycles. The topological polar surface area (TPSA) is 24.9 Å². The van der Waals surface area contributed by atoms with Gasteiger partial charge in [0.25, 0.3) is 0 Å². The lowest BCUT2D eigenvalue weighted by atomic mass is 10.00. The molecule has 0 spiro atoms. The number of nitrogens with one attached hydrogen (secondary N) is 1. The Hall–Kier alpha value is -1.09. The van der Waals surface area contributed by atoms with E-state index < -0.39 is 0 Å². The average Bonchev–Trinajstić information content (AvgIpc) is 2.97. The third-order valence-electron chi connectivity index (χ3n) is 4.27. The maximum absolute atomic E-state index is 4.99. The minimum atomic E-state index is 0.648. The molecule has 1 N–H and O–H groups in total. The van der Waals surface area contributed by atoms with Gasteiger partial charge in [-0.3, -0.25) is 4.98 Å². The number of hydrogen-bond acceptors (Lipinski definition) is 2. The zero-order valence-corrected chi connectivity index (χ0v) is 13.8. The Morgan fingerprint density at radius 2 is 2.05 bits per heavy atom. The van der Waals surface area contributed by atoms with Gasteiger partial charge in [-0.05, 0) is 44.4 Å². The molecule has 3 heteroatoms. The van der Waals surface area contributed by atoms with E-state index >= 15 is 0 Å². The quantitative estimate of drug-likeness (QED) is 0.814. The van der Waals surface area contributed by atoms with Crippen molar-refractivity contribution >= 4 is 32.5 Å². The maximum atomic E-state index is 4.99. The highest BCUT2D eigenvalue weighted by molar-refractivity contribution is 9.10. The van der Waals surface area contributed by atoms with Gasteiger partial charge in [-0.2, -0.15) is 0 Å². The lowest BCUT2D eigenvalue weighted by Gasteiger charge is -2.16. The fraction of sp³-hybridized carbons (Fsp3) is 0.471. The number of pyridine rings is 1. The first-order valence-electron chi connectivity index (χ1n) is 7.54. The number of aryl methyl sites for hydroxylation is 1. The summed E-state index contributed by atoms with van der Waals surface area (Å²) in [6.45, 7) is 5.23. The summed E-state index contributed by atoms with van der Waals surface area (Å²) in [7, 11) is 0. The van der Waals surface area contributed by atoms with E-state index in [0.717, 1.165) is 16.5 Å². The van der Waals surface area contributed by atoms with Crippen molar-refractivity contribution in [3.8, 4) is 0 Å². The zero-order valence-electron chi connectivity index (χ0n) is 12.2. The van der Waals surface area contributed by atoms with Crippen LogP contribution in [0, 0.1) is 6.92 Å². The van der Waals surface area contributed by atoms with Crippen LogP contribution in [0.4, 0.5) is 5.69 Å². The van der Waals surface area contributed by atoms with Crippen LogP contribution in [0.3, 0.4) is 0 Å². The highest BCUT2D eigenvalue weighted by Gasteiger charge is 2.20. The van der Waals surface area contributed by atoms with E-state index in [0.29, 0.717) is 5.92 Å². The van der Waals surface area contributed by atoms with Gasteiger partial charge in [0.1, 0.15) is 0 Å². The largest absolute Gasteiger partial charge is 0.385 e. The Bertz CT molecular complexity index is 630. The first-order chi connectivity index (χ1) is 9.70. The molecule has 0 atom stereocenters. The fourth-order valence-electron chi connectivity index (χ4n) is 3.21. The Morgan fingerprint density at radius 3 is 2.75 bits per heavy atom. The second-order valence-corrected chi connectivity index (χ2v) is 6.55. The molecule has 1 aromatic carbocycles. The smallest absolute Gasteiger partial charge is 0.0766 e. The summed E-state index contributed by atoms with van der Waals surface area (Å²) in [5, 5.41) is 4.73. The van der Waals surface area contributed by atoms with E-state index in [1.165, 1.54) is 48.0 Å². The van der Waals surface area contributed by atoms with Crippen LogP contribution in [0.15, 0.2) is 22.7 Å². The van der Waals surface area contributed by atoms with Crippen LogP contribution in [-0.4, -0.2) is 11.5 Å². The van der Waals surface area contributed by atoms with Gasteiger partial charge in [0.05, 0.1) is 5.52 Å². The van der Waals surface area contributed by atoms with Crippen LogP contribution < -0.4 is 5.32 Å². The van der Waals surface area contributed by atoms with Crippen molar-refractivity contribution in [3.63, 3.8) is 0 Å². The van der Waals surface area contributed by atoms with Gasteiger partial charge >= 0.3 is 0 Å². The third kappa shape index (κ3) is 2.44. The number of rotatable bonds is 3. The summed E-state index contributed by atoms with van der Waals surface area (Å²) in [4.78, 5) is 4.99. The van der Waals surface area contributed by atoms with E-state index in [9.17, 15) is 0 Å². The van der Waals surface area contributed by atoms with Gasteiger partial charge in [-0.25, -0.2) is 0 Å². The molecule has 0 bridgehead atoms. The number of nitrogens with zero attached hydrogens (tertiary/aromatic N) is 1. The number of aromatic nitrogens is 1. The number of hydrogen-bond donors (Lipinski definition) is 1. The van der Waals surface area contributed by atoms with E-state index in [1.54, 1.807) is 0 Å². The van der Waals surface area contributed by atoms with Gasteiger partial charge in [-0.15, -0.1) is 0 Å². The molecular weight excluding hydrogens is 312 g/mol. The van der Waals surface area contributed by atoms with E-state index in [-0.39, 0.29) is 0 Å². The van der Waals surface area contributed by atoms with E-state index in [2.05, 4.69) is 53.3 Å². The van der Waals surface area contributed by atoms with Gasteiger partial charge in [0, 0.05) is 33.7 Å². The monoisotopic (exact) mass is 332 g/mol. The summed E-state index contributed by atoms with van der Waals surface area (Å²) in [6, 6.07) is 6.54. The summed E-state index contributed by atoms with van der Waals surface area (Å²) >= 11 is 3.68. The van der Waals surface area contributed by atoms with Crippen LogP contribution in [0.2, 0.25) is 0 Å². The third-order valence-corrected chi connectivity index (χ3v) is 4.93. The summed E-state index contributed by atoms with van der Waals surface area (Å²) < 4.78 is 1.12. The molecule has 0 aliphatic heterocycles. The molecule has 3 rings (SSSR count). The molecule has 20 heavy (non-hydrogen) atoms. The highest BCUT2D eigenvalue weighted by Crippen LogP contribution is 2.38. The summed E-state index contributed by atoms with van der Waals surface area (Å²) in [5.41, 5.74) is 4.88. The van der Waals surface area contributed by atoms with Gasteiger partial charge in [0.2, 0.25) is 0 Å². The number of halogens is 1. The van der Waals surface area contributed by atoms with Crippen molar-refractivity contribution in [3.05, 3.63) is 33.9 Å². The van der Waals surface area contributed by atoms with E-state index in [4.69, 9.17) is 4.98 Å². The maximum Gasteiger partial charge on any atom is 0.0766 e. The van der Waals surface area contributed by atoms with Crippen molar-refractivity contribution in [2.75, 3.05) is 11.9 Å². The number of fused-ring (bicyclic) bond motifs is 1. The first kappa shape index (κ1) is 13.9. The standard InChI is InChI=1S/C17H21BrN2/c1-3-19-15-10-14(12-6-4-5-7-12)20-17-11(2)8-9-13(18)16(15)17/h8-10,12H,3-7H2,1-2H3,(H,19,20). The van der Waals surface area contributed by atoms with Crippen LogP contribution in [0.5, 0.6) is 0 Å². The second-order valence-electron chi connectivity index (χ2n) is 5.69. The second kappa shape index (κ2) is 5.72. The molecule has 0 saturated heterocycles. The molecule has 2 aromatic rings. The number of benzene rings is 1. The molecule has 1 aromatic heterocycles. The Balaban J connectivity index is 2.21. The van der Waals surface area contributed by atoms with Crippen LogP contribution >= 0.6 is 15.9 Å². The van der Waals surface area contributed by atoms with Crippen molar-refractivity contribution < 1.29 is 0 Å². The summed E-state index contributed by atoms with van der Waals surface area (Å²) in [6.07, 6.45) is 5.27. The molecule has 0 radical (unpaired) electrons.